The van der Waals surface area contributed by atoms with Crippen molar-refractivity contribution in [3.63, 3.8) is 0 Å². The highest BCUT2D eigenvalue weighted by Crippen LogP contribution is 2.36. The van der Waals surface area contributed by atoms with E-state index in [1.807, 2.05) is 20.9 Å². The molecule has 0 saturated heterocycles. The number of benzene rings is 2. The second kappa shape index (κ2) is 13.3. The zero-order chi connectivity index (χ0) is 28.8. The fourth-order valence-electron chi connectivity index (χ4n) is 5.60. The van der Waals surface area contributed by atoms with E-state index in [1.54, 1.807) is 47.4 Å². The van der Waals surface area contributed by atoms with Gasteiger partial charge in [0.1, 0.15) is 6.10 Å². The van der Waals surface area contributed by atoms with E-state index in [-0.39, 0.29) is 48.0 Å². The van der Waals surface area contributed by atoms with E-state index < -0.39 is 5.97 Å². The summed E-state index contributed by atoms with van der Waals surface area (Å²) in [6.45, 7) is 5.20. The second-order valence-electron chi connectivity index (χ2n) is 11.3. The maximum atomic E-state index is 13.7. The van der Waals surface area contributed by atoms with Crippen LogP contribution in [-0.2, 0) is 11.3 Å². The summed E-state index contributed by atoms with van der Waals surface area (Å²) in [6, 6.07) is 11.7. The van der Waals surface area contributed by atoms with Crippen molar-refractivity contribution in [3.8, 4) is 5.75 Å². The van der Waals surface area contributed by atoms with Crippen LogP contribution in [0.2, 0.25) is 0 Å². The molecule has 1 aliphatic carbocycles. The maximum Gasteiger partial charge on any atom is 0.335 e. The van der Waals surface area contributed by atoms with Gasteiger partial charge in [0.05, 0.1) is 29.5 Å². The number of nitrogens with zero attached hydrogens (tertiary/aromatic N) is 2. The van der Waals surface area contributed by atoms with E-state index in [9.17, 15) is 24.6 Å². The molecule has 1 heterocycles. The number of carbonyl (C=O) groups excluding carboxylic acids is 2. The highest BCUT2D eigenvalue weighted by molar-refractivity contribution is 6.02. The van der Waals surface area contributed by atoms with Gasteiger partial charge in [0.15, 0.2) is 5.75 Å². The lowest BCUT2D eigenvalue weighted by molar-refractivity contribution is -0.120. The van der Waals surface area contributed by atoms with Crippen LogP contribution in [0.4, 0.5) is 5.69 Å². The third-order valence-electron chi connectivity index (χ3n) is 8.07. The van der Waals surface area contributed by atoms with Gasteiger partial charge in [0.25, 0.3) is 5.91 Å². The highest BCUT2D eigenvalue weighted by atomic mass is 16.5. The van der Waals surface area contributed by atoms with Crippen LogP contribution < -0.4 is 10.1 Å². The Kier molecular flexibility index (Phi) is 9.81. The van der Waals surface area contributed by atoms with Gasteiger partial charge in [-0.2, -0.15) is 0 Å². The number of nitrogens with one attached hydrogen (secondary N) is 1. The van der Waals surface area contributed by atoms with Gasteiger partial charge < -0.3 is 25.2 Å². The molecule has 1 saturated carbocycles. The lowest BCUT2D eigenvalue weighted by atomic mass is 9.88. The number of hydrogen-bond donors (Lipinski definition) is 3. The number of ether oxygens (including phenoxy) is 1. The fourth-order valence-corrected chi connectivity index (χ4v) is 5.60. The molecule has 0 unspecified atom stereocenters. The van der Waals surface area contributed by atoms with Crippen LogP contribution in [0.25, 0.3) is 0 Å². The zero-order valence-corrected chi connectivity index (χ0v) is 23.6. The number of aliphatic hydroxyl groups excluding tert-OH is 1. The first kappa shape index (κ1) is 29.6. The lowest BCUT2D eigenvalue weighted by Gasteiger charge is -2.38. The number of para-hydroxylation sites is 1. The number of carboxylic acids is 1. The van der Waals surface area contributed by atoms with E-state index in [4.69, 9.17) is 4.74 Å². The summed E-state index contributed by atoms with van der Waals surface area (Å²) in [5, 5.41) is 22.2. The molecule has 2 aromatic rings. The van der Waals surface area contributed by atoms with Crippen molar-refractivity contribution in [2.24, 2.45) is 11.8 Å². The molecule has 216 valence electrons. The maximum absolute atomic E-state index is 13.7. The molecule has 40 heavy (non-hydrogen) atoms. The Balaban J connectivity index is 1.60. The Bertz CT molecular complexity index is 1190. The fraction of sp³-hybridized carbons (Fsp3) is 0.516. The van der Waals surface area contributed by atoms with Crippen LogP contribution in [0.5, 0.6) is 5.75 Å². The van der Waals surface area contributed by atoms with Gasteiger partial charge in [-0.05, 0) is 56.6 Å². The van der Waals surface area contributed by atoms with Crippen LogP contribution in [-0.4, -0.2) is 76.7 Å². The standard InChI is InChI=1S/C31H41N3O6/c1-20-16-34(21(2)19-35)30(37)25-10-7-11-26(32-29(36)23-8-5-4-6-9-23)28(25)40-27(20)18-33(3)17-22-12-14-24(15-13-22)31(38)39/h7,10-15,20-21,23,27,35H,4-6,8-9,16-19H2,1-3H3,(H,32,36)(H,38,39)/t20-,21-,27+/m0/s1. The largest absolute Gasteiger partial charge is 0.486 e. The number of hydrogen-bond acceptors (Lipinski definition) is 6. The quantitative estimate of drug-likeness (QED) is 0.426. The molecule has 2 aliphatic rings. The van der Waals surface area contributed by atoms with Gasteiger partial charge in [0.2, 0.25) is 5.91 Å². The average molecular weight is 552 g/mol. The summed E-state index contributed by atoms with van der Waals surface area (Å²) in [5.41, 5.74) is 2.07. The number of carboxylic acid groups (broad SMARTS) is 1. The monoisotopic (exact) mass is 551 g/mol. The van der Waals surface area contributed by atoms with E-state index in [2.05, 4.69) is 10.2 Å². The van der Waals surface area contributed by atoms with Crippen molar-refractivity contribution < 1.29 is 29.3 Å². The number of carbonyl (C=O) groups is 3. The molecule has 0 radical (unpaired) electrons. The molecule has 1 aliphatic heterocycles. The average Bonchev–Trinajstić information content (AvgIpc) is 2.95. The third kappa shape index (κ3) is 7.01. The zero-order valence-electron chi connectivity index (χ0n) is 23.6. The number of aromatic carboxylic acids is 1. The highest BCUT2D eigenvalue weighted by Gasteiger charge is 2.35. The van der Waals surface area contributed by atoms with Crippen molar-refractivity contribution in [2.45, 2.75) is 64.6 Å². The summed E-state index contributed by atoms with van der Waals surface area (Å²) in [6.07, 6.45) is 4.63. The van der Waals surface area contributed by atoms with Crippen LogP contribution in [0.15, 0.2) is 42.5 Å². The Labute approximate surface area is 236 Å². The molecule has 4 rings (SSSR count). The normalized spacial score (nSPS) is 20.7. The van der Waals surface area contributed by atoms with Gasteiger partial charge in [-0.1, -0.05) is 44.4 Å². The van der Waals surface area contributed by atoms with E-state index in [1.165, 1.54) is 0 Å². The minimum Gasteiger partial charge on any atom is -0.486 e. The summed E-state index contributed by atoms with van der Waals surface area (Å²) in [7, 11) is 1.97. The summed E-state index contributed by atoms with van der Waals surface area (Å²) in [5.74, 6) is -1.00. The summed E-state index contributed by atoms with van der Waals surface area (Å²) < 4.78 is 6.62. The van der Waals surface area contributed by atoms with Crippen LogP contribution >= 0.6 is 0 Å². The topological polar surface area (TPSA) is 119 Å². The number of likely N-dealkylation sites (N-methyl/N-ethyl adjacent to an activating group) is 1. The predicted octanol–water partition coefficient (Wildman–Crippen LogP) is 4.26. The molecule has 2 amide bonds. The smallest absolute Gasteiger partial charge is 0.335 e. The number of amides is 2. The molecule has 3 N–H and O–H groups in total. The minimum atomic E-state index is -0.960. The number of rotatable bonds is 9. The van der Waals surface area contributed by atoms with Crippen molar-refractivity contribution in [1.82, 2.24) is 9.80 Å². The van der Waals surface area contributed by atoms with E-state index >= 15 is 0 Å². The third-order valence-corrected chi connectivity index (χ3v) is 8.07. The number of aliphatic hydroxyl groups is 1. The van der Waals surface area contributed by atoms with Crippen LogP contribution in [0, 0.1) is 11.8 Å². The molecule has 9 heteroatoms. The van der Waals surface area contributed by atoms with E-state index in [0.29, 0.717) is 36.6 Å². The molecule has 0 bridgehead atoms. The molecule has 0 spiro atoms. The van der Waals surface area contributed by atoms with Gasteiger partial charge in [-0.15, -0.1) is 0 Å². The van der Waals surface area contributed by atoms with Gasteiger partial charge in [0, 0.05) is 31.5 Å². The Morgan fingerprint density at radius 3 is 2.48 bits per heavy atom. The second-order valence-corrected chi connectivity index (χ2v) is 11.3. The van der Waals surface area contributed by atoms with Gasteiger partial charge in [-0.3, -0.25) is 14.5 Å². The van der Waals surface area contributed by atoms with Gasteiger partial charge >= 0.3 is 5.97 Å². The molecule has 1 fully saturated rings. The first-order valence-electron chi connectivity index (χ1n) is 14.2. The first-order chi connectivity index (χ1) is 19.2. The molecular formula is C31H41N3O6. The number of fused-ring (bicyclic) bond motifs is 1. The predicted molar refractivity (Wildman–Crippen MR) is 153 cm³/mol. The Morgan fingerprint density at radius 2 is 1.82 bits per heavy atom. The molecule has 9 nitrogen and oxygen atoms in total. The molecule has 0 aromatic heterocycles. The Hall–Kier alpha value is -3.43. The molecule has 2 aromatic carbocycles. The molecular weight excluding hydrogens is 510 g/mol. The van der Waals surface area contributed by atoms with Crippen molar-refractivity contribution in [1.29, 1.82) is 0 Å². The minimum absolute atomic E-state index is 0.0432. The summed E-state index contributed by atoms with van der Waals surface area (Å²) in [4.78, 5) is 41.8. The summed E-state index contributed by atoms with van der Waals surface area (Å²) >= 11 is 0. The van der Waals surface area contributed by atoms with Crippen molar-refractivity contribution in [2.75, 3.05) is 32.1 Å². The van der Waals surface area contributed by atoms with Crippen molar-refractivity contribution in [3.05, 3.63) is 59.2 Å². The number of anilines is 1. The van der Waals surface area contributed by atoms with Crippen molar-refractivity contribution >= 4 is 23.5 Å². The SMILES string of the molecule is C[C@H]1CN([C@@H](C)CO)C(=O)c2cccc(NC(=O)C3CCCCC3)c2O[C@@H]1CN(C)Cc1ccc(C(=O)O)cc1. The lowest BCUT2D eigenvalue weighted by Crippen LogP contribution is -2.49. The van der Waals surface area contributed by atoms with Crippen LogP contribution in [0.3, 0.4) is 0 Å². The first-order valence-corrected chi connectivity index (χ1v) is 14.2. The van der Waals surface area contributed by atoms with Crippen LogP contribution in [0.1, 0.15) is 72.2 Å². The molecule has 3 atom stereocenters. The van der Waals surface area contributed by atoms with E-state index in [0.717, 1.165) is 37.7 Å². The Morgan fingerprint density at radius 1 is 1.12 bits per heavy atom. The van der Waals surface area contributed by atoms with Gasteiger partial charge in [-0.25, -0.2) is 4.79 Å².